The molecule has 1 aromatic heterocycles. The number of aliphatic hydroxyl groups excluding tert-OH is 1. The topological polar surface area (TPSA) is 36.4 Å². The summed E-state index contributed by atoms with van der Waals surface area (Å²) in [6.07, 6.45) is 3.77. The molecule has 1 aliphatic carbocycles. The lowest BCUT2D eigenvalue weighted by atomic mass is 9.91. The molecule has 0 bridgehead atoms. The molecule has 2 rings (SSSR count). The van der Waals surface area contributed by atoms with Gasteiger partial charge in [0, 0.05) is 18.3 Å². The molecular weight excluding hydrogens is 188 g/mol. The molecule has 1 N–H and O–H groups in total. The van der Waals surface area contributed by atoms with Gasteiger partial charge in [-0.2, -0.15) is 0 Å². The number of rotatable bonds is 4. The van der Waals surface area contributed by atoms with Crippen LogP contribution in [0.25, 0.3) is 0 Å². The van der Waals surface area contributed by atoms with Crippen LogP contribution < -0.4 is 4.90 Å². The Balaban J connectivity index is 2.15. The second-order valence-corrected chi connectivity index (χ2v) is 4.14. The number of nitrogens with zero attached hydrogens (tertiary/aromatic N) is 2. The molecule has 0 amide bonds. The number of aryl methyl sites for hydroxylation is 1. The summed E-state index contributed by atoms with van der Waals surface area (Å²) in [5.41, 5.74) is 1.04. The fraction of sp³-hybridized carbons (Fsp3) is 0.583. The van der Waals surface area contributed by atoms with E-state index >= 15 is 0 Å². The first-order valence-electron chi connectivity index (χ1n) is 5.62. The van der Waals surface area contributed by atoms with E-state index in [1.54, 1.807) is 0 Å². The maximum absolute atomic E-state index is 9.07. The molecule has 0 aliphatic heterocycles. The highest BCUT2D eigenvalue weighted by atomic mass is 16.3. The van der Waals surface area contributed by atoms with Gasteiger partial charge in [-0.15, -0.1) is 0 Å². The molecule has 0 unspecified atom stereocenters. The lowest BCUT2D eigenvalue weighted by Crippen LogP contribution is -2.42. The standard InChI is InChI=1S/C12H18N2O/c1-10-4-2-7-12(13-10)14(8-9-15)11-5-3-6-11/h2,4,7,11,15H,3,5-6,8-9H2,1H3. The van der Waals surface area contributed by atoms with Crippen LogP contribution in [-0.2, 0) is 0 Å². The SMILES string of the molecule is Cc1cccc(N(CCO)C2CCC2)n1. The molecule has 0 spiro atoms. The Morgan fingerprint density at radius 2 is 2.27 bits per heavy atom. The maximum Gasteiger partial charge on any atom is 0.129 e. The van der Waals surface area contributed by atoms with Crippen molar-refractivity contribution in [2.45, 2.75) is 32.2 Å². The quantitative estimate of drug-likeness (QED) is 0.815. The van der Waals surface area contributed by atoms with Crippen LogP contribution in [0.15, 0.2) is 18.2 Å². The van der Waals surface area contributed by atoms with Gasteiger partial charge in [-0.3, -0.25) is 0 Å². The molecule has 0 saturated heterocycles. The highest BCUT2D eigenvalue weighted by molar-refractivity contribution is 5.41. The summed E-state index contributed by atoms with van der Waals surface area (Å²) in [6.45, 7) is 2.90. The minimum Gasteiger partial charge on any atom is -0.395 e. The van der Waals surface area contributed by atoms with Crippen molar-refractivity contribution in [2.75, 3.05) is 18.1 Å². The zero-order chi connectivity index (χ0) is 10.7. The van der Waals surface area contributed by atoms with E-state index in [0.29, 0.717) is 12.6 Å². The lowest BCUT2D eigenvalue weighted by Gasteiger charge is -2.38. The normalized spacial score (nSPS) is 16.1. The van der Waals surface area contributed by atoms with E-state index in [9.17, 15) is 0 Å². The van der Waals surface area contributed by atoms with Crippen molar-refractivity contribution in [3.05, 3.63) is 23.9 Å². The van der Waals surface area contributed by atoms with Crippen LogP contribution in [0.2, 0.25) is 0 Å². The summed E-state index contributed by atoms with van der Waals surface area (Å²) >= 11 is 0. The van der Waals surface area contributed by atoms with E-state index in [-0.39, 0.29) is 6.61 Å². The van der Waals surface area contributed by atoms with Crippen LogP contribution in [0.5, 0.6) is 0 Å². The van der Waals surface area contributed by atoms with Gasteiger partial charge in [0.1, 0.15) is 5.82 Å². The summed E-state index contributed by atoms with van der Waals surface area (Å²) in [5, 5.41) is 9.07. The first kappa shape index (κ1) is 10.4. The zero-order valence-electron chi connectivity index (χ0n) is 9.19. The number of hydrogen-bond donors (Lipinski definition) is 1. The van der Waals surface area contributed by atoms with Crippen LogP contribution in [-0.4, -0.2) is 29.3 Å². The van der Waals surface area contributed by atoms with Gasteiger partial charge in [0.05, 0.1) is 6.61 Å². The number of anilines is 1. The molecule has 3 heteroatoms. The molecule has 0 aromatic carbocycles. The first-order chi connectivity index (χ1) is 7.31. The van der Waals surface area contributed by atoms with Crippen LogP contribution in [0.4, 0.5) is 5.82 Å². The molecular formula is C12H18N2O. The summed E-state index contributed by atoms with van der Waals surface area (Å²) in [6, 6.07) is 6.65. The van der Waals surface area contributed by atoms with Crippen LogP contribution >= 0.6 is 0 Å². The van der Waals surface area contributed by atoms with E-state index in [4.69, 9.17) is 5.11 Å². The summed E-state index contributed by atoms with van der Waals surface area (Å²) in [4.78, 5) is 6.74. The van der Waals surface area contributed by atoms with Crippen molar-refractivity contribution < 1.29 is 5.11 Å². The third-order valence-corrected chi connectivity index (χ3v) is 3.02. The van der Waals surface area contributed by atoms with Crippen LogP contribution in [0.1, 0.15) is 25.0 Å². The molecule has 3 nitrogen and oxygen atoms in total. The van der Waals surface area contributed by atoms with Gasteiger partial charge in [0.25, 0.3) is 0 Å². The van der Waals surface area contributed by atoms with Gasteiger partial charge in [0.2, 0.25) is 0 Å². The molecule has 0 atom stereocenters. The maximum atomic E-state index is 9.07. The zero-order valence-corrected chi connectivity index (χ0v) is 9.19. The van der Waals surface area contributed by atoms with E-state index in [1.807, 2.05) is 25.1 Å². The van der Waals surface area contributed by atoms with Gasteiger partial charge in [0.15, 0.2) is 0 Å². The summed E-state index contributed by atoms with van der Waals surface area (Å²) in [5.74, 6) is 1.01. The third kappa shape index (κ3) is 2.29. The second-order valence-electron chi connectivity index (χ2n) is 4.14. The predicted molar refractivity (Wildman–Crippen MR) is 61.0 cm³/mol. The van der Waals surface area contributed by atoms with Crippen LogP contribution in [0.3, 0.4) is 0 Å². The lowest BCUT2D eigenvalue weighted by molar-refractivity contribution is 0.283. The number of aromatic nitrogens is 1. The molecule has 1 saturated carbocycles. The predicted octanol–water partition coefficient (Wildman–Crippen LogP) is 1.74. The van der Waals surface area contributed by atoms with E-state index < -0.39 is 0 Å². The van der Waals surface area contributed by atoms with Crippen molar-refractivity contribution in [3.8, 4) is 0 Å². The van der Waals surface area contributed by atoms with Gasteiger partial charge in [-0.05, 0) is 38.3 Å². The summed E-state index contributed by atoms with van der Waals surface area (Å²) < 4.78 is 0. The number of pyridine rings is 1. The van der Waals surface area contributed by atoms with Crippen molar-refractivity contribution in [1.29, 1.82) is 0 Å². The van der Waals surface area contributed by atoms with Gasteiger partial charge in [-0.1, -0.05) is 6.07 Å². The average Bonchev–Trinajstić information content (AvgIpc) is 2.14. The second kappa shape index (κ2) is 4.62. The van der Waals surface area contributed by atoms with E-state index in [0.717, 1.165) is 11.5 Å². The fourth-order valence-electron chi connectivity index (χ4n) is 1.98. The largest absolute Gasteiger partial charge is 0.395 e. The first-order valence-corrected chi connectivity index (χ1v) is 5.62. The van der Waals surface area contributed by atoms with Crippen molar-refractivity contribution in [2.24, 2.45) is 0 Å². The molecule has 1 aromatic rings. The van der Waals surface area contributed by atoms with Gasteiger partial charge in [-0.25, -0.2) is 4.98 Å². The van der Waals surface area contributed by atoms with Crippen molar-refractivity contribution in [1.82, 2.24) is 4.98 Å². The van der Waals surface area contributed by atoms with Gasteiger partial charge < -0.3 is 10.0 Å². The fourth-order valence-corrected chi connectivity index (χ4v) is 1.98. The molecule has 82 valence electrons. The Bertz CT molecular complexity index is 323. The number of aliphatic hydroxyl groups is 1. The number of hydrogen-bond acceptors (Lipinski definition) is 3. The summed E-state index contributed by atoms with van der Waals surface area (Å²) in [7, 11) is 0. The minimum absolute atomic E-state index is 0.201. The molecule has 1 aliphatic rings. The average molecular weight is 206 g/mol. The van der Waals surface area contributed by atoms with Gasteiger partial charge >= 0.3 is 0 Å². The molecule has 0 radical (unpaired) electrons. The Morgan fingerprint density at radius 1 is 1.47 bits per heavy atom. The monoisotopic (exact) mass is 206 g/mol. The van der Waals surface area contributed by atoms with E-state index in [2.05, 4.69) is 9.88 Å². The molecule has 1 fully saturated rings. The van der Waals surface area contributed by atoms with Crippen molar-refractivity contribution >= 4 is 5.82 Å². The highest BCUT2D eigenvalue weighted by Gasteiger charge is 2.25. The van der Waals surface area contributed by atoms with Crippen molar-refractivity contribution in [3.63, 3.8) is 0 Å². The smallest absolute Gasteiger partial charge is 0.129 e. The Morgan fingerprint density at radius 3 is 2.80 bits per heavy atom. The molecule has 1 heterocycles. The Labute approximate surface area is 90.8 Å². The Hall–Kier alpha value is -1.09. The molecule has 15 heavy (non-hydrogen) atoms. The third-order valence-electron chi connectivity index (χ3n) is 3.02. The minimum atomic E-state index is 0.201. The highest BCUT2D eigenvalue weighted by Crippen LogP contribution is 2.28. The van der Waals surface area contributed by atoms with E-state index in [1.165, 1.54) is 19.3 Å². The van der Waals surface area contributed by atoms with Crippen LogP contribution in [0, 0.1) is 6.92 Å². The Kier molecular flexibility index (Phi) is 3.21.